The van der Waals surface area contributed by atoms with E-state index in [1.54, 1.807) is 0 Å². The van der Waals surface area contributed by atoms with E-state index >= 15 is 0 Å². The van der Waals surface area contributed by atoms with Crippen LogP contribution in [0.3, 0.4) is 0 Å². The minimum atomic E-state index is 1.09. The van der Waals surface area contributed by atoms with Gasteiger partial charge in [0.05, 0.1) is 0 Å². The Bertz CT molecular complexity index is 128. The molecule has 1 nitrogen and oxygen atoms in total. The summed E-state index contributed by atoms with van der Waals surface area (Å²) in [6.45, 7) is 12.2. The number of hydrogen-bond donors (Lipinski definition) is 0. The third-order valence-corrected chi connectivity index (χ3v) is 0.818. The Morgan fingerprint density at radius 1 is 1.18 bits per heavy atom. The molecule has 0 aromatic carbocycles. The van der Waals surface area contributed by atoms with E-state index in [0.717, 1.165) is 11.4 Å². The molecule has 0 atom stereocenters. The largest absolute Gasteiger partial charge is 0.263 e. The van der Waals surface area contributed by atoms with E-state index in [-0.39, 0.29) is 0 Å². The van der Waals surface area contributed by atoms with Crippen LogP contribution >= 0.6 is 0 Å². The van der Waals surface area contributed by atoms with E-state index in [2.05, 4.69) is 18.8 Å². The summed E-state index contributed by atoms with van der Waals surface area (Å²) in [5, 5.41) is 0. The zero-order valence-corrected chi connectivity index (χ0v) is 8.73. The summed E-state index contributed by atoms with van der Waals surface area (Å²) >= 11 is 0. The van der Waals surface area contributed by atoms with Gasteiger partial charge in [-0.15, -0.1) is 0 Å². The van der Waals surface area contributed by atoms with Gasteiger partial charge in [0.1, 0.15) is 0 Å². The lowest BCUT2D eigenvalue weighted by Gasteiger charge is -1.88. The van der Waals surface area contributed by atoms with Crippen LogP contribution in [0.1, 0.15) is 48.0 Å². The van der Waals surface area contributed by atoms with E-state index in [9.17, 15) is 0 Å². The molecule has 1 heteroatoms. The summed E-state index contributed by atoms with van der Waals surface area (Å²) in [6.07, 6.45) is 3.24. The maximum absolute atomic E-state index is 4.17. The summed E-state index contributed by atoms with van der Waals surface area (Å²) in [5.74, 6) is 0. The molecule has 0 rings (SSSR count). The second kappa shape index (κ2) is 9.41. The normalized spacial score (nSPS) is 9.82. The summed E-state index contributed by atoms with van der Waals surface area (Å²) in [6, 6.07) is 0. The van der Waals surface area contributed by atoms with Gasteiger partial charge in [0.2, 0.25) is 0 Å². The Morgan fingerprint density at radius 3 is 1.64 bits per heavy atom. The number of nitrogens with zero attached hydrogens (tertiary/aromatic N) is 1. The van der Waals surface area contributed by atoms with Crippen LogP contribution in [0.25, 0.3) is 0 Å². The first-order valence-corrected chi connectivity index (χ1v) is 4.23. The molecular formula is C10H21N. The monoisotopic (exact) mass is 155 g/mol. The van der Waals surface area contributed by atoms with E-state index in [4.69, 9.17) is 0 Å². The van der Waals surface area contributed by atoms with Gasteiger partial charge in [-0.1, -0.05) is 26.3 Å². The van der Waals surface area contributed by atoms with Crippen molar-refractivity contribution in [2.24, 2.45) is 4.99 Å². The Hall–Kier alpha value is -0.590. The fourth-order valence-corrected chi connectivity index (χ4v) is 0.417. The van der Waals surface area contributed by atoms with Gasteiger partial charge in [-0.2, -0.15) is 0 Å². The van der Waals surface area contributed by atoms with Crippen molar-refractivity contribution in [2.75, 3.05) is 0 Å². The topological polar surface area (TPSA) is 12.4 Å². The van der Waals surface area contributed by atoms with Gasteiger partial charge in [0, 0.05) is 11.4 Å². The van der Waals surface area contributed by atoms with Crippen molar-refractivity contribution < 1.29 is 0 Å². The smallest absolute Gasteiger partial charge is 0.0329 e. The van der Waals surface area contributed by atoms with Crippen LogP contribution in [0, 0.1) is 0 Å². The van der Waals surface area contributed by atoms with Crippen LogP contribution in [0.4, 0.5) is 0 Å². The maximum Gasteiger partial charge on any atom is 0.0329 e. The lowest BCUT2D eigenvalue weighted by molar-refractivity contribution is 1.09. The third kappa shape index (κ3) is 17.7. The first kappa shape index (κ1) is 13.0. The van der Waals surface area contributed by atoms with Crippen molar-refractivity contribution in [1.29, 1.82) is 0 Å². The van der Waals surface area contributed by atoms with Crippen LogP contribution in [0.2, 0.25) is 0 Å². The molecule has 0 aliphatic rings. The van der Waals surface area contributed by atoms with Crippen LogP contribution in [0.15, 0.2) is 16.8 Å². The first-order valence-electron chi connectivity index (χ1n) is 4.23. The van der Waals surface area contributed by atoms with Crippen molar-refractivity contribution in [2.45, 2.75) is 48.0 Å². The molecule has 0 saturated heterocycles. The Kier molecular flexibility index (Phi) is 11.1. The van der Waals surface area contributed by atoms with Gasteiger partial charge >= 0.3 is 0 Å². The Morgan fingerprint density at radius 2 is 1.55 bits per heavy atom. The fourth-order valence-electron chi connectivity index (χ4n) is 0.417. The van der Waals surface area contributed by atoms with Crippen molar-refractivity contribution in [3.63, 3.8) is 0 Å². The highest BCUT2D eigenvalue weighted by Gasteiger charge is 1.78. The molecule has 0 bridgehead atoms. The molecule has 0 unspecified atom stereocenters. The van der Waals surface area contributed by atoms with Crippen molar-refractivity contribution in [1.82, 2.24) is 0 Å². The fraction of sp³-hybridized carbons (Fsp3) is 0.700. The van der Waals surface area contributed by atoms with Crippen LogP contribution in [0.5, 0.6) is 0 Å². The average molecular weight is 155 g/mol. The van der Waals surface area contributed by atoms with E-state index < -0.39 is 0 Å². The molecule has 0 amide bonds. The molecule has 0 aromatic rings. The predicted molar refractivity (Wildman–Crippen MR) is 54.2 cm³/mol. The Balaban J connectivity index is 0. The first-order chi connectivity index (χ1) is 5.08. The lowest BCUT2D eigenvalue weighted by atomic mass is 10.4. The van der Waals surface area contributed by atoms with E-state index in [1.807, 2.05) is 33.8 Å². The lowest BCUT2D eigenvalue weighted by Crippen LogP contribution is -1.79. The SMILES string of the molecule is C/C=C(/C)N=C(C)C.CCC. The number of hydrogen-bond acceptors (Lipinski definition) is 1. The van der Waals surface area contributed by atoms with Gasteiger partial charge < -0.3 is 0 Å². The van der Waals surface area contributed by atoms with Gasteiger partial charge in [0.25, 0.3) is 0 Å². The van der Waals surface area contributed by atoms with Crippen LogP contribution < -0.4 is 0 Å². The minimum Gasteiger partial charge on any atom is -0.263 e. The Labute approximate surface area is 71.2 Å². The van der Waals surface area contributed by atoms with Gasteiger partial charge in [-0.25, -0.2) is 0 Å². The van der Waals surface area contributed by atoms with Gasteiger partial charge in [-0.05, 0) is 27.7 Å². The molecule has 0 aromatic heterocycles. The molecule has 11 heavy (non-hydrogen) atoms. The zero-order chi connectivity index (χ0) is 9.28. The molecule has 0 spiro atoms. The molecule has 0 aliphatic heterocycles. The highest BCUT2D eigenvalue weighted by Crippen LogP contribution is 1.92. The molecule has 0 saturated carbocycles. The minimum absolute atomic E-state index is 1.09. The zero-order valence-electron chi connectivity index (χ0n) is 8.73. The molecule has 66 valence electrons. The summed E-state index contributed by atoms with van der Waals surface area (Å²) in [7, 11) is 0. The predicted octanol–water partition coefficient (Wildman–Crippen LogP) is 3.81. The van der Waals surface area contributed by atoms with Crippen LogP contribution in [-0.2, 0) is 0 Å². The second-order valence-corrected chi connectivity index (χ2v) is 2.70. The quantitative estimate of drug-likeness (QED) is 0.511. The highest BCUT2D eigenvalue weighted by molar-refractivity contribution is 5.80. The van der Waals surface area contributed by atoms with Crippen LogP contribution in [-0.4, -0.2) is 5.71 Å². The third-order valence-electron chi connectivity index (χ3n) is 0.818. The highest BCUT2D eigenvalue weighted by atomic mass is 14.7. The van der Waals surface area contributed by atoms with Crippen molar-refractivity contribution in [3.8, 4) is 0 Å². The van der Waals surface area contributed by atoms with Gasteiger partial charge in [0.15, 0.2) is 0 Å². The molecule has 0 fully saturated rings. The molecule has 0 N–H and O–H groups in total. The summed E-state index contributed by atoms with van der Waals surface area (Å²) in [5.41, 5.74) is 2.20. The molecular weight excluding hydrogens is 134 g/mol. The van der Waals surface area contributed by atoms with E-state index in [0.29, 0.717) is 0 Å². The standard InChI is InChI=1S/C7H13N.C3H8/c1-5-7(4)8-6(2)3;1-3-2/h5H,1-4H3;3H2,1-2H3/b7-5-;. The summed E-state index contributed by atoms with van der Waals surface area (Å²) < 4.78 is 0. The maximum atomic E-state index is 4.17. The van der Waals surface area contributed by atoms with E-state index in [1.165, 1.54) is 6.42 Å². The molecule has 0 heterocycles. The number of aliphatic imine (C=N–C) groups is 1. The molecule has 0 radical (unpaired) electrons. The van der Waals surface area contributed by atoms with Crippen molar-refractivity contribution in [3.05, 3.63) is 11.8 Å². The summed E-state index contributed by atoms with van der Waals surface area (Å²) in [4.78, 5) is 4.17. The average Bonchev–Trinajstić information content (AvgIpc) is 1.88. The van der Waals surface area contributed by atoms with Crippen molar-refractivity contribution >= 4 is 5.71 Å². The number of rotatable bonds is 1. The van der Waals surface area contributed by atoms with Gasteiger partial charge in [-0.3, -0.25) is 4.99 Å². The number of allylic oxidation sites excluding steroid dienone is 2. The second-order valence-electron chi connectivity index (χ2n) is 2.70. The molecule has 0 aliphatic carbocycles.